The van der Waals surface area contributed by atoms with Crippen molar-refractivity contribution in [2.75, 3.05) is 0 Å². The highest BCUT2D eigenvalue weighted by atomic mass is 32.1. The van der Waals surface area contributed by atoms with Gasteiger partial charge in [-0.05, 0) is 49.7 Å². The van der Waals surface area contributed by atoms with Crippen molar-refractivity contribution in [3.8, 4) is 23.2 Å². The maximum atomic E-state index is 12.5. The van der Waals surface area contributed by atoms with Crippen molar-refractivity contribution in [1.82, 2.24) is 9.97 Å². The minimum Gasteiger partial charge on any atom is -0.489 e. The van der Waals surface area contributed by atoms with E-state index < -0.39 is 0 Å². The standard InChI is InChI=1S/C22H17N3O2S/c1-13-14(2)28-22-19(13)21(26)24-20(25-22)15-7-9-18(10-8-15)27-12-17-6-4-3-5-16(17)11-23/h3-10H,12H2,1-2H3,(H,24,25,26). The lowest BCUT2D eigenvalue weighted by Crippen LogP contribution is -2.09. The van der Waals surface area contributed by atoms with Gasteiger partial charge in [-0.25, -0.2) is 4.98 Å². The Bertz CT molecular complexity index is 1260. The largest absolute Gasteiger partial charge is 0.489 e. The monoisotopic (exact) mass is 387 g/mol. The molecule has 0 saturated carbocycles. The molecule has 0 radical (unpaired) electrons. The zero-order valence-electron chi connectivity index (χ0n) is 15.4. The number of nitrogens with zero attached hydrogens (tertiary/aromatic N) is 2. The first kappa shape index (κ1) is 18.0. The Morgan fingerprint density at radius 3 is 2.64 bits per heavy atom. The van der Waals surface area contributed by atoms with Crippen LogP contribution in [0.1, 0.15) is 21.6 Å². The summed E-state index contributed by atoms with van der Waals surface area (Å²) in [6, 6.07) is 16.9. The van der Waals surface area contributed by atoms with Crippen LogP contribution in [0.5, 0.6) is 5.75 Å². The average Bonchev–Trinajstić information content (AvgIpc) is 3.01. The summed E-state index contributed by atoms with van der Waals surface area (Å²) in [5, 5.41) is 9.82. The van der Waals surface area contributed by atoms with E-state index in [9.17, 15) is 4.79 Å². The predicted molar refractivity (Wildman–Crippen MR) is 111 cm³/mol. The lowest BCUT2D eigenvalue weighted by atomic mass is 10.1. The lowest BCUT2D eigenvalue weighted by Gasteiger charge is -2.08. The molecule has 0 unspecified atom stereocenters. The molecular formula is C22H17N3O2S. The Labute approximate surface area is 165 Å². The van der Waals surface area contributed by atoms with Gasteiger partial charge in [0, 0.05) is 16.0 Å². The zero-order valence-corrected chi connectivity index (χ0v) is 16.3. The van der Waals surface area contributed by atoms with Crippen LogP contribution < -0.4 is 10.3 Å². The van der Waals surface area contributed by atoms with Gasteiger partial charge < -0.3 is 9.72 Å². The Morgan fingerprint density at radius 2 is 1.89 bits per heavy atom. The third kappa shape index (κ3) is 3.28. The van der Waals surface area contributed by atoms with Gasteiger partial charge in [0.2, 0.25) is 0 Å². The van der Waals surface area contributed by atoms with Crippen LogP contribution in [0, 0.1) is 25.2 Å². The van der Waals surface area contributed by atoms with Crippen LogP contribution in [-0.4, -0.2) is 9.97 Å². The maximum absolute atomic E-state index is 12.5. The van der Waals surface area contributed by atoms with Gasteiger partial charge in [0.1, 0.15) is 23.0 Å². The first-order chi connectivity index (χ1) is 13.6. The fraction of sp³-hybridized carbons (Fsp3) is 0.136. The molecule has 138 valence electrons. The molecule has 2 aromatic carbocycles. The number of hydrogen-bond donors (Lipinski definition) is 1. The van der Waals surface area contributed by atoms with Gasteiger partial charge in [0.05, 0.1) is 17.0 Å². The number of H-pyrrole nitrogens is 1. The number of hydrogen-bond acceptors (Lipinski definition) is 5. The summed E-state index contributed by atoms with van der Waals surface area (Å²) in [5.41, 5.74) is 3.13. The van der Waals surface area contributed by atoms with E-state index in [0.29, 0.717) is 29.1 Å². The fourth-order valence-electron chi connectivity index (χ4n) is 3.02. The van der Waals surface area contributed by atoms with Gasteiger partial charge in [-0.2, -0.15) is 5.26 Å². The molecule has 0 amide bonds. The number of thiophene rings is 1. The highest BCUT2D eigenvalue weighted by molar-refractivity contribution is 7.18. The third-order valence-corrected chi connectivity index (χ3v) is 5.80. The molecule has 1 N–H and O–H groups in total. The van der Waals surface area contributed by atoms with E-state index in [0.717, 1.165) is 26.4 Å². The highest BCUT2D eigenvalue weighted by Gasteiger charge is 2.12. The zero-order chi connectivity index (χ0) is 19.7. The number of nitriles is 1. The summed E-state index contributed by atoms with van der Waals surface area (Å²) in [4.78, 5) is 21.8. The predicted octanol–water partition coefficient (Wildman–Crippen LogP) is 4.72. The van der Waals surface area contributed by atoms with Gasteiger partial charge in [0.15, 0.2) is 0 Å². The van der Waals surface area contributed by atoms with Crippen LogP contribution in [0.2, 0.25) is 0 Å². The molecule has 0 fully saturated rings. The van der Waals surface area contributed by atoms with Gasteiger partial charge in [-0.15, -0.1) is 11.3 Å². The number of fused-ring (bicyclic) bond motifs is 1. The fourth-order valence-corrected chi connectivity index (χ4v) is 4.05. The summed E-state index contributed by atoms with van der Waals surface area (Å²) in [6.07, 6.45) is 0. The molecule has 28 heavy (non-hydrogen) atoms. The SMILES string of the molecule is Cc1sc2nc(-c3ccc(OCc4ccccc4C#N)cc3)[nH]c(=O)c2c1C. The van der Waals surface area contributed by atoms with Gasteiger partial charge >= 0.3 is 0 Å². The number of ether oxygens (including phenoxy) is 1. The minimum absolute atomic E-state index is 0.115. The van der Waals surface area contributed by atoms with Crippen LogP contribution in [0.4, 0.5) is 0 Å². The lowest BCUT2D eigenvalue weighted by molar-refractivity contribution is 0.306. The normalized spacial score (nSPS) is 10.8. The van der Waals surface area contributed by atoms with Crippen molar-refractivity contribution in [3.63, 3.8) is 0 Å². The quantitative estimate of drug-likeness (QED) is 0.550. The Hall–Kier alpha value is -3.43. The molecule has 6 heteroatoms. The molecule has 4 rings (SSSR count). The summed E-state index contributed by atoms with van der Waals surface area (Å²) in [7, 11) is 0. The van der Waals surface area contributed by atoms with Crippen molar-refractivity contribution in [3.05, 3.63) is 80.5 Å². The molecule has 0 spiro atoms. The second-order valence-corrected chi connectivity index (χ2v) is 7.66. The molecule has 0 aliphatic heterocycles. The second kappa shape index (κ2) is 7.29. The molecule has 2 aromatic heterocycles. The van der Waals surface area contributed by atoms with Crippen LogP contribution in [0.25, 0.3) is 21.6 Å². The Morgan fingerprint density at radius 1 is 1.14 bits per heavy atom. The molecule has 0 aliphatic carbocycles. The number of benzene rings is 2. The first-order valence-corrected chi connectivity index (χ1v) is 9.59. The second-order valence-electron chi connectivity index (χ2n) is 6.46. The molecule has 2 heterocycles. The van der Waals surface area contributed by atoms with E-state index >= 15 is 0 Å². The molecule has 0 saturated heterocycles. The van der Waals surface area contributed by atoms with Gasteiger partial charge in [0.25, 0.3) is 5.56 Å². The number of aryl methyl sites for hydroxylation is 2. The van der Waals surface area contributed by atoms with E-state index in [1.165, 1.54) is 11.3 Å². The molecule has 5 nitrogen and oxygen atoms in total. The molecule has 4 aromatic rings. The topological polar surface area (TPSA) is 78.8 Å². The van der Waals surface area contributed by atoms with Crippen LogP contribution in [0.15, 0.2) is 53.3 Å². The number of aromatic amines is 1. The van der Waals surface area contributed by atoms with E-state index in [4.69, 9.17) is 10.00 Å². The van der Waals surface area contributed by atoms with Crippen molar-refractivity contribution in [1.29, 1.82) is 5.26 Å². The number of aromatic nitrogens is 2. The molecular weight excluding hydrogens is 370 g/mol. The highest BCUT2D eigenvalue weighted by Crippen LogP contribution is 2.28. The summed E-state index contributed by atoms with van der Waals surface area (Å²) >= 11 is 1.53. The van der Waals surface area contributed by atoms with Crippen LogP contribution in [-0.2, 0) is 6.61 Å². The molecule has 0 atom stereocenters. The van der Waals surface area contributed by atoms with E-state index in [1.807, 2.05) is 56.3 Å². The summed E-state index contributed by atoms with van der Waals surface area (Å²) in [6.45, 7) is 4.26. The average molecular weight is 387 g/mol. The van der Waals surface area contributed by atoms with Crippen molar-refractivity contribution in [2.24, 2.45) is 0 Å². The van der Waals surface area contributed by atoms with Crippen LogP contribution >= 0.6 is 11.3 Å². The summed E-state index contributed by atoms with van der Waals surface area (Å²) < 4.78 is 5.80. The van der Waals surface area contributed by atoms with E-state index in [-0.39, 0.29) is 5.56 Å². The van der Waals surface area contributed by atoms with Crippen LogP contribution in [0.3, 0.4) is 0 Å². The smallest absolute Gasteiger partial charge is 0.260 e. The Kier molecular flexibility index (Phi) is 4.68. The Balaban J connectivity index is 1.57. The van der Waals surface area contributed by atoms with Crippen molar-refractivity contribution >= 4 is 21.6 Å². The maximum Gasteiger partial charge on any atom is 0.260 e. The van der Waals surface area contributed by atoms with Crippen molar-refractivity contribution < 1.29 is 4.74 Å². The van der Waals surface area contributed by atoms with Crippen molar-refractivity contribution in [2.45, 2.75) is 20.5 Å². The molecule has 0 aliphatic rings. The summed E-state index contributed by atoms with van der Waals surface area (Å²) in [5.74, 6) is 1.22. The minimum atomic E-state index is -0.115. The third-order valence-electron chi connectivity index (χ3n) is 4.70. The van der Waals surface area contributed by atoms with Gasteiger partial charge in [-0.1, -0.05) is 18.2 Å². The number of rotatable bonds is 4. The first-order valence-electron chi connectivity index (χ1n) is 8.78. The van der Waals surface area contributed by atoms with E-state index in [2.05, 4.69) is 16.0 Å². The number of nitrogens with one attached hydrogen (secondary N) is 1. The molecule has 0 bridgehead atoms. The van der Waals surface area contributed by atoms with Gasteiger partial charge in [-0.3, -0.25) is 4.79 Å². The van der Waals surface area contributed by atoms with E-state index in [1.54, 1.807) is 6.07 Å².